The van der Waals surface area contributed by atoms with Gasteiger partial charge in [-0.3, -0.25) is 0 Å². The summed E-state index contributed by atoms with van der Waals surface area (Å²) in [6.07, 6.45) is 0.862. The number of ether oxygens (including phenoxy) is 3. The van der Waals surface area contributed by atoms with Gasteiger partial charge in [0.15, 0.2) is 0 Å². The standard InChI is InChI=1S/C15H25NO6/c1-6-12(17)20-7-8-21-13(18)22-11-9-14(2,3)16(19)15(4,5)10-11/h6,11,19H,1,7-10H2,2-5H3. The van der Waals surface area contributed by atoms with Crippen LogP contribution in [0.4, 0.5) is 4.79 Å². The third kappa shape index (κ3) is 4.99. The van der Waals surface area contributed by atoms with Crippen LogP contribution in [0.1, 0.15) is 40.5 Å². The summed E-state index contributed by atoms with van der Waals surface area (Å²) in [5, 5.41) is 11.5. The van der Waals surface area contributed by atoms with Crippen molar-refractivity contribution in [2.24, 2.45) is 0 Å². The Bertz CT molecular complexity index is 414. The Morgan fingerprint density at radius 3 is 2.18 bits per heavy atom. The van der Waals surface area contributed by atoms with Crippen molar-refractivity contribution in [2.75, 3.05) is 13.2 Å². The van der Waals surface area contributed by atoms with Crippen molar-refractivity contribution in [2.45, 2.75) is 57.7 Å². The number of rotatable bonds is 5. The molecule has 1 saturated heterocycles. The van der Waals surface area contributed by atoms with Crippen LogP contribution in [0.15, 0.2) is 12.7 Å². The van der Waals surface area contributed by atoms with Crippen LogP contribution >= 0.6 is 0 Å². The summed E-state index contributed by atoms with van der Waals surface area (Å²) < 4.78 is 14.8. The Morgan fingerprint density at radius 1 is 1.18 bits per heavy atom. The van der Waals surface area contributed by atoms with Crippen LogP contribution in [0.3, 0.4) is 0 Å². The molecule has 0 aromatic heterocycles. The first-order valence-electron chi connectivity index (χ1n) is 7.20. The van der Waals surface area contributed by atoms with E-state index in [0.717, 1.165) is 6.08 Å². The monoisotopic (exact) mass is 315 g/mol. The van der Waals surface area contributed by atoms with E-state index < -0.39 is 23.2 Å². The van der Waals surface area contributed by atoms with Gasteiger partial charge in [0, 0.05) is 30.0 Å². The average molecular weight is 315 g/mol. The second-order valence-electron chi connectivity index (χ2n) is 6.55. The molecule has 0 unspecified atom stereocenters. The van der Waals surface area contributed by atoms with E-state index in [2.05, 4.69) is 11.3 Å². The SMILES string of the molecule is C=CC(=O)OCCOC(=O)OC1CC(C)(C)N(O)C(C)(C)C1. The van der Waals surface area contributed by atoms with Gasteiger partial charge in [0.05, 0.1) is 0 Å². The van der Waals surface area contributed by atoms with Gasteiger partial charge in [0.2, 0.25) is 0 Å². The van der Waals surface area contributed by atoms with Crippen molar-refractivity contribution in [3.05, 3.63) is 12.7 Å². The molecule has 126 valence electrons. The number of hydrogen-bond donors (Lipinski definition) is 1. The van der Waals surface area contributed by atoms with E-state index >= 15 is 0 Å². The lowest BCUT2D eigenvalue weighted by molar-refractivity contribution is -0.257. The first kappa shape index (κ1) is 18.4. The molecular formula is C15H25NO6. The van der Waals surface area contributed by atoms with Gasteiger partial charge in [-0.05, 0) is 27.7 Å². The van der Waals surface area contributed by atoms with Crippen molar-refractivity contribution in [3.8, 4) is 0 Å². The molecule has 0 radical (unpaired) electrons. The van der Waals surface area contributed by atoms with Gasteiger partial charge in [0.25, 0.3) is 0 Å². The van der Waals surface area contributed by atoms with Gasteiger partial charge in [-0.15, -0.1) is 0 Å². The average Bonchev–Trinajstić information content (AvgIpc) is 2.40. The highest BCUT2D eigenvalue weighted by molar-refractivity contribution is 5.81. The van der Waals surface area contributed by atoms with Gasteiger partial charge in [0.1, 0.15) is 19.3 Å². The van der Waals surface area contributed by atoms with Gasteiger partial charge < -0.3 is 19.4 Å². The van der Waals surface area contributed by atoms with Gasteiger partial charge >= 0.3 is 12.1 Å². The van der Waals surface area contributed by atoms with Gasteiger partial charge in [-0.25, -0.2) is 9.59 Å². The molecule has 0 bridgehead atoms. The van der Waals surface area contributed by atoms with E-state index in [0.29, 0.717) is 12.8 Å². The lowest BCUT2D eigenvalue weighted by Gasteiger charge is -2.50. The lowest BCUT2D eigenvalue weighted by Crippen LogP contribution is -2.60. The zero-order chi connectivity index (χ0) is 17.0. The number of esters is 1. The van der Waals surface area contributed by atoms with Crippen LogP contribution in [-0.2, 0) is 19.0 Å². The smallest absolute Gasteiger partial charge is 0.459 e. The molecule has 1 heterocycles. The number of piperidine rings is 1. The molecule has 7 heteroatoms. The normalized spacial score (nSPS) is 21.0. The molecule has 1 aliphatic heterocycles. The zero-order valence-electron chi connectivity index (χ0n) is 13.6. The van der Waals surface area contributed by atoms with E-state index in [1.54, 1.807) is 0 Å². The fourth-order valence-electron chi connectivity index (χ4n) is 2.76. The third-order valence-corrected chi connectivity index (χ3v) is 3.58. The van der Waals surface area contributed by atoms with Crippen molar-refractivity contribution < 1.29 is 29.0 Å². The van der Waals surface area contributed by atoms with Crippen LogP contribution in [0.5, 0.6) is 0 Å². The highest BCUT2D eigenvalue weighted by atomic mass is 16.7. The molecule has 0 aromatic carbocycles. The van der Waals surface area contributed by atoms with Crippen molar-refractivity contribution in [1.82, 2.24) is 5.06 Å². The minimum atomic E-state index is -0.808. The second-order valence-corrected chi connectivity index (χ2v) is 6.55. The quantitative estimate of drug-likeness (QED) is 0.473. The Hall–Kier alpha value is -1.60. The molecule has 7 nitrogen and oxygen atoms in total. The Morgan fingerprint density at radius 2 is 1.68 bits per heavy atom. The number of hydrogen-bond acceptors (Lipinski definition) is 7. The molecule has 1 aliphatic rings. The van der Waals surface area contributed by atoms with E-state index in [-0.39, 0.29) is 19.3 Å². The van der Waals surface area contributed by atoms with Crippen LogP contribution in [0.2, 0.25) is 0 Å². The predicted molar refractivity (Wildman–Crippen MR) is 78.4 cm³/mol. The van der Waals surface area contributed by atoms with Gasteiger partial charge in [-0.2, -0.15) is 5.06 Å². The minimum absolute atomic E-state index is 0.0496. The molecule has 0 aromatic rings. The summed E-state index contributed by atoms with van der Waals surface area (Å²) >= 11 is 0. The number of hydroxylamine groups is 2. The second kappa shape index (κ2) is 7.11. The minimum Gasteiger partial charge on any atom is -0.459 e. The number of nitrogens with zero attached hydrogens (tertiary/aromatic N) is 1. The summed E-state index contributed by atoms with van der Waals surface area (Å²) in [5.41, 5.74) is -1.02. The molecule has 1 fully saturated rings. The summed E-state index contributed by atoms with van der Waals surface area (Å²) in [5.74, 6) is -0.573. The van der Waals surface area contributed by atoms with Crippen molar-refractivity contribution in [3.63, 3.8) is 0 Å². The Balaban J connectivity index is 2.41. The highest BCUT2D eigenvalue weighted by Crippen LogP contribution is 2.37. The molecule has 1 N–H and O–H groups in total. The summed E-state index contributed by atoms with van der Waals surface area (Å²) in [6.45, 7) is 10.6. The van der Waals surface area contributed by atoms with Crippen LogP contribution in [0, 0.1) is 0 Å². The lowest BCUT2D eigenvalue weighted by atomic mass is 9.80. The molecule has 0 amide bonds. The molecule has 1 rings (SSSR count). The zero-order valence-corrected chi connectivity index (χ0v) is 13.6. The first-order valence-corrected chi connectivity index (χ1v) is 7.20. The molecular weight excluding hydrogens is 290 g/mol. The number of carbonyl (C=O) groups is 2. The van der Waals surface area contributed by atoms with Crippen LogP contribution in [-0.4, -0.2) is 52.8 Å². The topological polar surface area (TPSA) is 85.3 Å². The highest BCUT2D eigenvalue weighted by Gasteiger charge is 2.46. The van der Waals surface area contributed by atoms with E-state index in [1.165, 1.54) is 5.06 Å². The maximum Gasteiger partial charge on any atom is 0.508 e. The van der Waals surface area contributed by atoms with E-state index in [1.807, 2.05) is 27.7 Å². The van der Waals surface area contributed by atoms with Crippen LogP contribution in [0.25, 0.3) is 0 Å². The largest absolute Gasteiger partial charge is 0.508 e. The van der Waals surface area contributed by atoms with Gasteiger partial charge in [-0.1, -0.05) is 6.58 Å². The third-order valence-electron chi connectivity index (χ3n) is 3.58. The summed E-state index contributed by atoms with van der Waals surface area (Å²) in [6, 6.07) is 0. The summed E-state index contributed by atoms with van der Waals surface area (Å²) in [4.78, 5) is 22.5. The first-order chi connectivity index (χ1) is 10.1. The predicted octanol–water partition coefficient (Wildman–Crippen LogP) is 2.28. The molecule has 0 saturated carbocycles. The maximum atomic E-state index is 11.6. The van der Waals surface area contributed by atoms with Crippen molar-refractivity contribution in [1.29, 1.82) is 0 Å². The molecule has 0 aliphatic carbocycles. The fraction of sp³-hybridized carbons (Fsp3) is 0.733. The Kier molecular flexibility index (Phi) is 5.96. The summed E-state index contributed by atoms with van der Waals surface area (Å²) in [7, 11) is 0. The molecule has 22 heavy (non-hydrogen) atoms. The Labute approximate surface area is 130 Å². The van der Waals surface area contributed by atoms with E-state index in [4.69, 9.17) is 9.47 Å². The fourth-order valence-corrected chi connectivity index (χ4v) is 2.76. The van der Waals surface area contributed by atoms with E-state index in [9.17, 15) is 14.8 Å². The van der Waals surface area contributed by atoms with Crippen LogP contribution < -0.4 is 0 Å². The number of carbonyl (C=O) groups excluding carboxylic acids is 2. The van der Waals surface area contributed by atoms with Crippen molar-refractivity contribution >= 4 is 12.1 Å². The molecule has 0 atom stereocenters. The molecule has 0 spiro atoms. The maximum absolute atomic E-state index is 11.6.